The van der Waals surface area contributed by atoms with E-state index in [1.54, 1.807) is 18.2 Å². The number of carbonyl (C=O) groups is 1. The fourth-order valence-corrected chi connectivity index (χ4v) is 1.94. The van der Waals surface area contributed by atoms with Crippen molar-refractivity contribution >= 4 is 21.8 Å². The van der Waals surface area contributed by atoms with Crippen LogP contribution in [0.25, 0.3) is 0 Å². The molecule has 0 heterocycles. The normalized spacial score (nSPS) is 10.1. The lowest BCUT2D eigenvalue weighted by molar-refractivity contribution is 0.1000. The summed E-state index contributed by atoms with van der Waals surface area (Å²) in [7, 11) is 0. The molecule has 0 aliphatic rings. The molecule has 0 bridgehead atoms. The van der Waals surface area contributed by atoms with Gasteiger partial charge >= 0.3 is 0 Å². The van der Waals surface area contributed by atoms with Crippen LogP contribution in [-0.4, -0.2) is 5.91 Å². The minimum Gasteiger partial charge on any atom is -0.488 e. The second-order valence-corrected chi connectivity index (χ2v) is 4.64. The van der Waals surface area contributed by atoms with Gasteiger partial charge in [-0.05, 0) is 45.8 Å². The van der Waals surface area contributed by atoms with Crippen molar-refractivity contribution in [1.82, 2.24) is 0 Å². The summed E-state index contributed by atoms with van der Waals surface area (Å²) < 4.78 is 6.56. The van der Waals surface area contributed by atoms with Gasteiger partial charge in [0.1, 0.15) is 12.4 Å². The summed E-state index contributed by atoms with van der Waals surface area (Å²) in [6, 6.07) is 14.7. The summed E-state index contributed by atoms with van der Waals surface area (Å²) in [5.74, 6) is 0.333. The average molecular weight is 306 g/mol. The van der Waals surface area contributed by atoms with E-state index in [1.807, 2.05) is 30.3 Å². The Morgan fingerprint density at radius 2 is 1.94 bits per heavy atom. The third-order valence-corrected chi connectivity index (χ3v) is 3.10. The Morgan fingerprint density at radius 1 is 1.17 bits per heavy atom. The summed E-state index contributed by atoms with van der Waals surface area (Å²) in [5.41, 5.74) is 6.62. The Hall–Kier alpha value is -1.81. The van der Waals surface area contributed by atoms with E-state index in [4.69, 9.17) is 10.5 Å². The molecule has 0 aliphatic carbocycles. The van der Waals surface area contributed by atoms with Gasteiger partial charge in [-0.1, -0.05) is 24.3 Å². The Balaban J connectivity index is 2.09. The van der Waals surface area contributed by atoms with Gasteiger partial charge in [0.2, 0.25) is 5.91 Å². The number of halogens is 1. The first kappa shape index (κ1) is 12.6. The zero-order valence-electron chi connectivity index (χ0n) is 9.60. The fraction of sp³-hybridized carbons (Fsp3) is 0.0714. The number of hydrogen-bond acceptors (Lipinski definition) is 2. The van der Waals surface area contributed by atoms with Crippen LogP contribution in [0.3, 0.4) is 0 Å². The van der Waals surface area contributed by atoms with Crippen molar-refractivity contribution in [1.29, 1.82) is 0 Å². The quantitative estimate of drug-likeness (QED) is 0.943. The number of para-hydroxylation sites is 1. The number of hydrogen-bond donors (Lipinski definition) is 1. The Labute approximate surface area is 114 Å². The van der Waals surface area contributed by atoms with Crippen molar-refractivity contribution in [3.8, 4) is 5.75 Å². The maximum Gasteiger partial charge on any atom is 0.248 e. The van der Waals surface area contributed by atoms with Gasteiger partial charge in [-0.15, -0.1) is 0 Å². The molecule has 0 saturated heterocycles. The lowest BCUT2D eigenvalue weighted by Gasteiger charge is -2.08. The van der Waals surface area contributed by atoms with Gasteiger partial charge in [0.15, 0.2) is 0 Å². The number of amides is 1. The first-order valence-electron chi connectivity index (χ1n) is 5.43. The maximum absolute atomic E-state index is 11.1. The van der Waals surface area contributed by atoms with Crippen LogP contribution < -0.4 is 10.5 Å². The number of carbonyl (C=O) groups excluding carboxylic acids is 1. The predicted molar refractivity (Wildman–Crippen MR) is 73.4 cm³/mol. The minimum atomic E-state index is -0.433. The van der Waals surface area contributed by atoms with Crippen LogP contribution in [0.2, 0.25) is 0 Å². The Kier molecular flexibility index (Phi) is 3.99. The van der Waals surface area contributed by atoms with Crippen LogP contribution in [0.4, 0.5) is 0 Å². The lowest BCUT2D eigenvalue weighted by Crippen LogP contribution is -2.11. The van der Waals surface area contributed by atoms with Gasteiger partial charge in [-0.2, -0.15) is 0 Å². The molecule has 0 radical (unpaired) electrons. The average Bonchev–Trinajstić information content (AvgIpc) is 2.38. The Morgan fingerprint density at radius 3 is 2.67 bits per heavy atom. The molecule has 2 aromatic carbocycles. The maximum atomic E-state index is 11.1. The van der Waals surface area contributed by atoms with Crippen molar-refractivity contribution < 1.29 is 9.53 Å². The highest BCUT2D eigenvalue weighted by atomic mass is 79.9. The van der Waals surface area contributed by atoms with Crippen molar-refractivity contribution in [2.75, 3.05) is 0 Å². The molecule has 18 heavy (non-hydrogen) atoms. The molecular weight excluding hydrogens is 294 g/mol. The van der Waals surface area contributed by atoms with Gasteiger partial charge in [-0.25, -0.2) is 0 Å². The number of nitrogens with two attached hydrogens (primary N) is 1. The molecule has 0 spiro atoms. The van der Waals surface area contributed by atoms with Gasteiger partial charge in [-0.3, -0.25) is 4.79 Å². The van der Waals surface area contributed by atoms with Crippen LogP contribution in [-0.2, 0) is 6.61 Å². The monoisotopic (exact) mass is 305 g/mol. The van der Waals surface area contributed by atoms with Crippen molar-refractivity contribution in [2.24, 2.45) is 5.73 Å². The van der Waals surface area contributed by atoms with E-state index in [9.17, 15) is 4.79 Å². The molecule has 1 amide bonds. The zero-order valence-corrected chi connectivity index (χ0v) is 11.2. The molecule has 0 unspecified atom stereocenters. The number of benzene rings is 2. The molecule has 0 saturated carbocycles. The van der Waals surface area contributed by atoms with Crippen LogP contribution >= 0.6 is 15.9 Å². The molecule has 0 aliphatic heterocycles. The smallest absolute Gasteiger partial charge is 0.248 e. The second kappa shape index (κ2) is 5.69. The van der Waals surface area contributed by atoms with E-state index < -0.39 is 5.91 Å². The SMILES string of the molecule is NC(=O)c1cccc(COc2ccccc2Br)c1. The van der Waals surface area contributed by atoms with E-state index in [0.717, 1.165) is 15.8 Å². The molecule has 4 heteroatoms. The number of primary amides is 1. The summed E-state index contributed by atoms with van der Waals surface area (Å²) in [6.45, 7) is 0.393. The highest BCUT2D eigenvalue weighted by molar-refractivity contribution is 9.10. The number of rotatable bonds is 4. The molecular formula is C14H12BrNO2. The van der Waals surface area contributed by atoms with Gasteiger partial charge in [0, 0.05) is 5.56 Å². The highest BCUT2D eigenvalue weighted by Crippen LogP contribution is 2.24. The van der Waals surface area contributed by atoms with E-state index in [1.165, 1.54) is 0 Å². The van der Waals surface area contributed by atoms with E-state index >= 15 is 0 Å². The fourth-order valence-electron chi connectivity index (χ4n) is 1.54. The van der Waals surface area contributed by atoms with Crippen molar-refractivity contribution in [2.45, 2.75) is 6.61 Å². The minimum absolute atomic E-state index is 0.393. The molecule has 0 aromatic heterocycles. The van der Waals surface area contributed by atoms with Crippen LogP contribution in [0, 0.1) is 0 Å². The molecule has 2 aromatic rings. The first-order valence-corrected chi connectivity index (χ1v) is 6.22. The van der Waals surface area contributed by atoms with Gasteiger partial charge in [0.05, 0.1) is 4.47 Å². The lowest BCUT2D eigenvalue weighted by atomic mass is 10.1. The van der Waals surface area contributed by atoms with Crippen LogP contribution in [0.15, 0.2) is 53.0 Å². The van der Waals surface area contributed by atoms with Gasteiger partial charge < -0.3 is 10.5 Å². The standard InChI is InChI=1S/C14H12BrNO2/c15-12-6-1-2-7-13(12)18-9-10-4-3-5-11(8-10)14(16)17/h1-8H,9H2,(H2,16,17). The van der Waals surface area contributed by atoms with E-state index in [0.29, 0.717) is 12.2 Å². The third-order valence-electron chi connectivity index (χ3n) is 2.44. The van der Waals surface area contributed by atoms with E-state index in [2.05, 4.69) is 15.9 Å². The van der Waals surface area contributed by atoms with Crippen molar-refractivity contribution in [3.63, 3.8) is 0 Å². The predicted octanol–water partition coefficient (Wildman–Crippen LogP) is 3.13. The zero-order chi connectivity index (χ0) is 13.0. The molecule has 2 N–H and O–H groups in total. The van der Waals surface area contributed by atoms with Crippen molar-refractivity contribution in [3.05, 3.63) is 64.1 Å². The van der Waals surface area contributed by atoms with E-state index in [-0.39, 0.29) is 0 Å². The molecule has 0 fully saturated rings. The molecule has 3 nitrogen and oxygen atoms in total. The van der Waals surface area contributed by atoms with Gasteiger partial charge in [0.25, 0.3) is 0 Å². The second-order valence-electron chi connectivity index (χ2n) is 3.78. The molecule has 2 rings (SSSR count). The topological polar surface area (TPSA) is 52.3 Å². The Bertz CT molecular complexity index is 569. The molecule has 0 atom stereocenters. The summed E-state index contributed by atoms with van der Waals surface area (Å²) in [4.78, 5) is 11.1. The third kappa shape index (κ3) is 3.11. The first-order chi connectivity index (χ1) is 8.66. The summed E-state index contributed by atoms with van der Waals surface area (Å²) in [6.07, 6.45) is 0. The molecule has 92 valence electrons. The van der Waals surface area contributed by atoms with Crippen LogP contribution in [0.1, 0.15) is 15.9 Å². The number of ether oxygens (including phenoxy) is 1. The van der Waals surface area contributed by atoms with Crippen LogP contribution in [0.5, 0.6) is 5.75 Å². The highest BCUT2D eigenvalue weighted by Gasteiger charge is 2.03. The summed E-state index contributed by atoms with van der Waals surface area (Å²) in [5, 5.41) is 0. The summed E-state index contributed by atoms with van der Waals surface area (Å²) >= 11 is 3.41. The largest absolute Gasteiger partial charge is 0.488 e.